The number of nitrogens with one attached hydrogen (secondary N) is 1. The minimum atomic E-state index is -0.505. The molecule has 0 atom stereocenters. The van der Waals surface area contributed by atoms with Crippen molar-refractivity contribution in [2.45, 2.75) is 97.4 Å². The first-order valence-corrected chi connectivity index (χ1v) is 15.2. The van der Waals surface area contributed by atoms with Gasteiger partial charge in [0.15, 0.2) is 24.3 Å². The number of amides is 1. The molecule has 3 rings (SSSR count). The first kappa shape index (κ1) is 29.8. The van der Waals surface area contributed by atoms with Crippen LogP contribution in [0.25, 0.3) is 0 Å². The van der Waals surface area contributed by atoms with E-state index < -0.39 is 5.82 Å². The number of aryl methyl sites for hydroxylation is 1. The number of halogens is 1. The molecule has 0 fully saturated rings. The van der Waals surface area contributed by atoms with Crippen LogP contribution in [0.15, 0.2) is 54.0 Å². The third-order valence-electron chi connectivity index (χ3n) is 6.90. The van der Waals surface area contributed by atoms with Crippen LogP contribution in [-0.2, 0) is 6.54 Å². The van der Waals surface area contributed by atoms with Gasteiger partial charge < -0.3 is 10.1 Å². The maximum atomic E-state index is 14.6. The summed E-state index contributed by atoms with van der Waals surface area (Å²) in [6.07, 6.45) is 17.2. The fraction of sp³-hybridized carbons (Fsp3) is 0.500. The fourth-order valence-electron chi connectivity index (χ4n) is 4.58. The molecular formula is C32H44FN2O2S+. The molecule has 1 aromatic heterocycles. The molecule has 1 heterocycles. The quantitative estimate of drug-likeness (QED) is 0.130. The van der Waals surface area contributed by atoms with E-state index in [1.807, 2.05) is 24.3 Å². The number of anilines is 1. The van der Waals surface area contributed by atoms with E-state index in [4.69, 9.17) is 4.74 Å². The van der Waals surface area contributed by atoms with Gasteiger partial charge in [0.05, 0.1) is 17.6 Å². The molecule has 0 aliphatic heterocycles. The highest BCUT2D eigenvalue weighted by Crippen LogP contribution is 2.25. The molecule has 0 bridgehead atoms. The van der Waals surface area contributed by atoms with Gasteiger partial charge in [-0.15, -0.1) is 0 Å². The smallest absolute Gasteiger partial charge is 0.259 e. The van der Waals surface area contributed by atoms with Gasteiger partial charge in [0.25, 0.3) is 5.91 Å². The van der Waals surface area contributed by atoms with E-state index in [1.54, 1.807) is 23.5 Å². The molecule has 38 heavy (non-hydrogen) atoms. The average Bonchev–Trinajstić information content (AvgIpc) is 3.32. The highest BCUT2D eigenvalue weighted by atomic mass is 32.1. The molecule has 0 saturated heterocycles. The lowest BCUT2D eigenvalue weighted by molar-refractivity contribution is -0.689. The Balaban J connectivity index is 1.38. The van der Waals surface area contributed by atoms with Crippen LogP contribution in [0.3, 0.4) is 0 Å². The van der Waals surface area contributed by atoms with E-state index in [-0.39, 0.29) is 17.2 Å². The van der Waals surface area contributed by atoms with Gasteiger partial charge in [-0.1, -0.05) is 107 Å². The number of ether oxygens (including phenoxy) is 1. The Morgan fingerprint density at radius 1 is 0.895 bits per heavy atom. The molecule has 0 aliphatic carbocycles. The van der Waals surface area contributed by atoms with Crippen LogP contribution < -0.4 is 14.6 Å². The Labute approximate surface area is 232 Å². The van der Waals surface area contributed by atoms with Gasteiger partial charge >= 0.3 is 0 Å². The van der Waals surface area contributed by atoms with Gasteiger partial charge in [0.2, 0.25) is 5.01 Å². The summed E-state index contributed by atoms with van der Waals surface area (Å²) in [5.41, 5.74) is 2.03. The Bertz CT molecular complexity index is 1100. The molecule has 2 aromatic carbocycles. The van der Waals surface area contributed by atoms with Crippen LogP contribution in [0, 0.1) is 12.7 Å². The van der Waals surface area contributed by atoms with Crippen LogP contribution in [0.4, 0.5) is 10.1 Å². The lowest BCUT2D eigenvalue weighted by Crippen LogP contribution is -2.34. The lowest BCUT2D eigenvalue weighted by Gasteiger charge is -2.13. The second-order valence-corrected chi connectivity index (χ2v) is 11.2. The average molecular weight is 540 g/mol. The molecule has 0 unspecified atom stereocenters. The molecule has 206 valence electrons. The zero-order valence-corrected chi connectivity index (χ0v) is 24.0. The monoisotopic (exact) mass is 539 g/mol. The molecule has 0 spiro atoms. The first-order chi connectivity index (χ1) is 18.6. The van der Waals surface area contributed by atoms with E-state index >= 15 is 0 Å². The van der Waals surface area contributed by atoms with E-state index in [2.05, 4.69) is 35.3 Å². The van der Waals surface area contributed by atoms with Crippen molar-refractivity contribution >= 4 is 22.9 Å². The van der Waals surface area contributed by atoms with Crippen molar-refractivity contribution in [1.29, 1.82) is 0 Å². The van der Waals surface area contributed by atoms with Crippen LogP contribution in [0.5, 0.6) is 5.75 Å². The molecule has 0 aliphatic rings. The Kier molecular flexibility index (Phi) is 13.3. The predicted octanol–water partition coefficient (Wildman–Crippen LogP) is 8.86. The number of rotatable bonds is 18. The summed E-state index contributed by atoms with van der Waals surface area (Å²) >= 11 is 1.71. The molecule has 1 amide bonds. The van der Waals surface area contributed by atoms with Crippen LogP contribution in [0.1, 0.15) is 105 Å². The number of hydrogen-bond acceptors (Lipinski definition) is 3. The van der Waals surface area contributed by atoms with Crippen molar-refractivity contribution in [3.63, 3.8) is 0 Å². The highest BCUT2D eigenvalue weighted by Gasteiger charge is 2.17. The summed E-state index contributed by atoms with van der Waals surface area (Å²) in [4.78, 5) is 12.9. The Hall–Kier alpha value is -2.73. The number of carbonyl (C=O) groups excluding carboxylic acids is 1. The zero-order chi connectivity index (χ0) is 27.0. The maximum absolute atomic E-state index is 14.6. The van der Waals surface area contributed by atoms with Crippen molar-refractivity contribution < 1.29 is 18.5 Å². The SMILES string of the molecule is CCCCCCCCCCCCCCOc1c(F)cccc1C(=O)Nc1ccc(C[n+]2ccsc2C)cc1. The van der Waals surface area contributed by atoms with E-state index in [9.17, 15) is 9.18 Å². The minimum Gasteiger partial charge on any atom is -0.490 e. The van der Waals surface area contributed by atoms with Gasteiger partial charge in [-0.3, -0.25) is 4.79 Å². The predicted molar refractivity (Wildman–Crippen MR) is 156 cm³/mol. The number of hydrogen-bond donors (Lipinski definition) is 1. The number of benzene rings is 2. The van der Waals surface area contributed by atoms with Gasteiger partial charge in [0, 0.05) is 18.2 Å². The van der Waals surface area contributed by atoms with Crippen molar-refractivity contribution in [2.24, 2.45) is 0 Å². The maximum Gasteiger partial charge on any atom is 0.259 e. The third kappa shape index (κ3) is 10.2. The summed E-state index contributed by atoms with van der Waals surface area (Å²) in [7, 11) is 0. The standard InChI is InChI=1S/C32H43FN2O2S/c1-3-4-5-6-7-8-9-10-11-12-13-14-23-37-31-29(16-15-17-30(31)33)32(36)34-28-20-18-27(19-21-28)25-35-22-24-38-26(35)2/h15-22,24H,3-14,23,25H2,1-2H3/p+1. The van der Waals surface area contributed by atoms with Crippen LogP contribution in [-0.4, -0.2) is 12.5 Å². The molecular weight excluding hydrogens is 495 g/mol. The van der Waals surface area contributed by atoms with Crippen molar-refractivity contribution in [3.8, 4) is 5.75 Å². The number of para-hydroxylation sites is 1. The van der Waals surface area contributed by atoms with E-state index in [0.717, 1.165) is 24.9 Å². The third-order valence-corrected chi connectivity index (χ3v) is 7.74. The summed E-state index contributed by atoms with van der Waals surface area (Å²) in [6, 6.07) is 12.2. The molecule has 1 N–H and O–H groups in total. The lowest BCUT2D eigenvalue weighted by atomic mass is 10.1. The number of aromatic nitrogens is 1. The van der Waals surface area contributed by atoms with Gasteiger partial charge in [-0.2, -0.15) is 4.57 Å². The van der Waals surface area contributed by atoms with E-state index in [0.29, 0.717) is 12.3 Å². The number of thiazole rings is 1. The number of unbranched alkanes of at least 4 members (excludes halogenated alkanes) is 11. The normalized spacial score (nSPS) is 11.0. The Morgan fingerprint density at radius 3 is 2.13 bits per heavy atom. The molecule has 0 radical (unpaired) electrons. The second-order valence-electron chi connectivity index (χ2n) is 10.1. The highest BCUT2D eigenvalue weighted by molar-refractivity contribution is 7.09. The first-order valence-electron chi connectivity index (χ1n) is 14.3. The van der Waals surface area contributed by atoms with Gasteiger partial charge in [-0.25, -0.2) is 4.39 Å². The zero-order valence-electron chi connectivity index (χ0n) is 23.1. The number of carbonyl (C=O) groups is 1. The van der Waals surface area contributed by atoms with Crippen molar-refractivity contribution in [1.82, 2.24) is 0 Å². The summed E-state index contributed by atoms with van der Waals surface area (Å²) in [5.74, 6) is -0.839. The second kappa shape index (κ2) is 17.0. The van der Waals surface area contributed by atoms with Crippen LogP contribution >= 0.6 is 11.3 Å². The molecule has 0 saturated carbocycles. The van der Waals surface area contributed by atoms with Gasteiger partial charge in [-0.05, 0) is 30.7 Å². The summed E-state index contributed by atoms with van der Waals surface area (Å²) in [5, 5.41) is 6.19. The molecule has 6 heteroatoms. The van der Waals surface area contributed by atoms with Gasteiger partial charge in [0.1, 0.15) is 0 Å². The molecule has 4 nitrogen and oxygen atoms in total. The minimum absolute atomic E-state index is 0.0361. The van der Waals surface area contributed by atoms with Crippen LogP contribution in [0.2, 0.25) is 0 Å². The summed E-state index contributed by atoms with van der Waals surface area (Å²) in [6.45, 7) is 5.54. The topological polar surface area (TPSA) is 42.2 Å². The Morgan fingerprint density at radius 2 is 1.53 bits per heavy atom. The molecule has 3 aromatic rings. The largest absolute Gasteiger partial charge is 0.490 e. The van der Waals surface area contributed by atoms with Crippen molar-refractivity contribution in [3.05, 3.63) is 76.0 Å². The summed E-state index contributed by atoms with van der Waals surface area (Å²) < 4.78 is 22.5. The van der Waals surface area contributed by atoms with Crippen molar-refractivity contribution in [2.75, 3.05) is 11.9 Å². The van der Waals surface area contributed by atoms with E-state index in [1.165, 1.54) is 75.3 Å². The fourth-order valence-corrected chi connectivity index (χ4v) is 5.24. The number of nitrogens with zero attached hydrogens (tertiary/aromatic N) is 1.